The van der Waals surface area contributed by atoms with Crippen LogP contribution in [0, 0.1) is 0 Å². The Bertz CT molecular complexity index is 798. The lowest BCUT2D eigenvalue weighted by Crippen LogP contribution is -2.33. The van der Waals surface area contributed by atoms with E-state index in [2.05, 4.69) is 61.3 Å². The Labute approximate surface area is 135 Å². The average Bonchev–Trinajstić information content (AvgIpc) is 3.16. The van der Waals surface area contributed by atoms with E-state index >= 15 is 0 Å². The predicted molar refractivity (Wildman–Crippen MR) is 88.9 cm³/mol. The number of hydrogen-bond donors (Lipinski definition) is 0. The topological polar surface area (TPSA) is 36.3 Å². The number of imidazole rings is 1. The van der Waals surface area contributed by atoms with E-state index in [-0.39, 0.29) is 12.2 Å². The fourth-order valence-corrected chi connectivity index (χ4v) is 3.28. The van der Waals surface area contributed by atoms with Gasteiger partial charge in [-0.25, -0.2) is 4.98 Å². The molecule has 0 aliphatic carbocycles. The summed E-state index contributed by atoms with van der Waals surface area (Å²) in [5.74, 6) is -0.791. The third-order valence-electron chi connectivity index (χ3n) is 4.56. The first-order valence-electron chi connectivity index (χ1n) is 7.97. The summed E-state index contributed by atoms with van der Waals surface area (Å²) in [5.41, 5.74) is 1.07. The zero-order valence-corrected chi connectivity index (χ0v) is 13.3. The molecule has 1 aliphatic heterocycles. The van der Waals surface area contributed by atoms with Gasteiger partial charge >= 0.3 is 0 Å². The average molecular weight is 308 g/mol. The second kappa shape index (κ2) is 5.48. The smallest absolute Gasteiger partial charge is 0.214 e. The molecule has 118 valence electrons. The van der Waals surface area contributed by atoms with E-state index in [1.807, 2.05) is 10.8 Å². The lowest BCUT2D eigenvalue weighted by Gasteiger charge is -2.30. The molecule has 4 nitrogen and oxygen atoms in total. The van der Waals surface area contributed by atoms with Crippen LogP contribution < -0.4 is 0 Å². The van der Waals surface area contributed by atoms with Crippen LogP contribution in [-0.4, -0.2) is 21.8 Å². The molecule has 2 unspecified atom stereocenters. The number of nitrogens with zero attached hydrogens (tertiary/aromatic N) is 2. The van der Waals surface area contributed by atoms with Crippen LogP contribution in [0.2, 0.25) is 0 Å². The van der Waals surface area contributed by atoms with Gasteiger partial charge in [0.25, 0.3) is 0 Å². The Morgan fingerprint density at radius 2 is 1.78 bits per heavy atom. The van der Waals surface area contributed by atoms with Gasteiger partial charge in [-0.15, -0.1) is 0 Å². The quantitative estimate of drug-likeness (QED) is 0.740. The maximum atomic E-state index is 6.36. The fraction of sp³-hybridized carbons (Fsp3) is 0.316. The molecule has 2 aromatic carbocycles. The SMILES string of the molecule is CC1OC(Cn2ccnc2)(c2cccc3ccccc23)OC1C. The highest BCUT2D eigenvalue weighted by Crippen LogP contribution is 2.41. The minimum atomic E-state index is -0.791. The number of aromatic nitrogens is 2. The molecule has 3 aromatic rings. The van der Waals surface area contributed by atoms with E-state index in [1.165, 1.54) is 5.39 Å². The van der Waals surface area contributed by atoms with Crippen LogP contribution in [-0.2, 0) is 21.8 Å². The van der Waals surface area contributed by atoms with Crippen molar-refractivity contribution in [1.29, 1.82) is 0 Å². The zero-order valence-electron chi connectivity index (χ0n) is 13.3. The van der Waals surface area contributed by atoms with Crippen molar-refractivity contribution in [3.05, 3.63) is 66.7 Å². The fourth-order valence-electron chi connectivity index (χ4n) is 3.28. The second-order valence-corrected chi connectivity index (χ2v) is 6.16. The van der Waals surface area contributed by atoms with Crippen LogP contribution >= 0.6 is 0 Å². The van der Waals surface area contributed by atoms with Gasteiger partial charge in [0.15, 0.2) is 0 Å². The monoisotopic (exact) mass is 308 g/mol. The summed E-state index contributed by atoms with van der Waals surface area (Å²) in [7, 11) is 0. The molecule has 0 saturated carbocycles. The van der Waals surface area contributed by atoms with E-state index in [0.29, 0.717) is 6.54 Å². The molecule has 0 amide bonds. The Hall–Kier alpha value is -2.17. The van der Waals surface area contributed by atoms with Crippen LogP contribution in [0.25, 0.3) is 10.8 Å². The molecule has 2 atom stereocenters. The van der Waals surface area contributed by atoms with Crippen LogP contribution in [0.4, 0.5) is 0 Å². The van der Waals surface area contributed by atoms with Gasteiger partial charge in [0, 0.05) is 18.0 Å². The molecule has 0 N–H and O–H groups in total. The lowest BCUT2D eigenvalue weighted by molar-refractivity contribution is -0.190. The maximum Gasteiger partial charge on any atom is 0.214 e. The van der Waals surface area contributed by atoms with Gasteiger partial charge in [-0.1, -0.05) is 42.5 Å². The summed E-state index contributed by atoms with van der Waals surface area (Å²) >= 11 is 0. The Kier molecular flexibility index (Phi) is 3.43. The molecule has 4 heteroatoms. The lowest BCUT2D eigenvalue weighted by atomic mass is 9.97. The van der Waals surface area contributed by atoms with Gasteiger partial charge in [-0.3, -0.25) is 0 Å². The van der Waals surface area contributed by atoms with Crippen LogP contribution in [0.15, 0.2) is 61.2 Å². The van der Waals surface area contributed by atoms with Gasteiger partial charge in [0.2, 0.25) is 5.79 Å². The first kappa shape index (κ1) is 14.4. The molecule has 23 heavy (non-hydrogen) atoms. The Balaban J connectivity index is 1.87. The summed E-state index contributed by atoms with van der Waals surface area (Å²) in [6.45, 7) is 4.70. The van der Waals surface area contributed by atoms with Gasteiger partial charge in [0.05, 0.1) is 25.1 Å². The van der Waals surface area contributed by atoms with E-state index in [0.717, 1.165) is 10.9 Å². The molecule has 0 radical (unpaired) electrons. The van der Waals surface area contributed by atoms with Crippen molar-refractivity contribution in [3.63, 3.8) is 0 Å². The number of hydrogen-bond acceptors (Lipinski definition) is 3. The third-order valence-corrected chi connectivity index (χ3v) is 4.56. The van der Waals surface area contributed by atoms with Crippen LogP contribution in [0.1, 0.15) is 19.4 Å². The normalized spacial score (nSPS) is 27.6. The maximum absolute atomic E-state index is 6.36. The van der Waals surface area contributed by atoms with Crippen molar-refractivity contribution in [3.8, 4) is 0 Å². The zero-order chi connectivity index (χ0) is 15.9. The highest BCUT2D eigenvalue weighted by atomic mass is 16.8. The summed E-state index contributed by atoms with van der Waals surface area (Å²) in [4.78, 5) is 4.14. The number of benzene rings is 2. The summed E-state index contributed by atoms with van der Waals surface area (Å²) in [6.07, 6.45) is 5.59. The van der Waals surface area contributed by atoms with Crippen LogP contribution in [0.5, 0.6) is 0 Å². The summed E-state index contributed by atoms with van der Waals surface area (Å²) in [6, 6.07) is 14.6. The van der Waals surface area contributed by atoms with E-state index in [9.17, 15) is 0 Å². The second-order valence-electron chi connectivity index (χ2n) is 6.16. The van der Waals surface area contributed by atoms with E-state index in [4.69, 9.17) is 9.47 Å². The molecular formula is C19H20N2O2. The largest absolute Gasteiger partial charge is 0.339 e. The summed E-state index contributed by atoms with van der Waals surface area (Å²) < 4.78 is 14.7. The number of rotatable bonds is 3. The molecule has 0 bridgehead atoms. The molecule has 1 aliphatic rings. The highest BCUT2D eigenvalue weighted by Gasteiger charge is 2.46. The van der Waals surface area contributed by atoms with Crippen molar-refractivity contribution in [2.24, 2.45) is 0 Å². The third kappa shape index (κ3) is 2.44. The Morgan fingerprint density at radius 1 is 1.04 bits per heavy atom. The van der Waals surface area contributed by atoms with E-state index < -0.39 is 5.79 Å². The number of fused-ring (bicyclic) bond motifs is 1. The van der Waals surface area contributed by atoms with Crippen molar-refractivity contribution in [2.75, 3.05) is 0 Å². The van der Waals surface area contributed by atoms with Gasteiger partial charge < -0.3 is 14.0 Å². The Morgan fingerprint density at radius 3 is 2.52 bits per heavy atom. The van der Waals surface area contributed by atoms with Gasteiger partial charge in [0.1, 0.15) is 0 Å². The molecule has 0 spiro atoms. The van der Waals surface area contributed by atoms with Gasteiger partial charge in [-0.2, -0.15) is 0 Å². The predicted octanol–water partition coefficient (Wildman–Crippen LogP) is 3.71. The minimum absolute atomic E-state index is 0.0393. The first-order valence-corrected chi connectivity index (χ1v) is 7.97. The van der Waals surface area contributed by atoms with Gasteiger partial charge in [-0.05, 0) is 24.6 Å². The number of ether oxygens (including phenoxy) is 2. The molecule has 1 aromatic heterocycles. The highest BCUT2D eigenvalue weighted by molar-refractivity contribution is 5.86. The minimum Gasteiger partial charge on any atom is -0.339 e. The molecular weight excluding hydrogens is 288 g/mol. The van der Waals surface area contributed by atoms with Crippen molar-refractivity contribution < 1.29 is 9.47 Å². The molecule has 1 saturated heterocycles. The molecule has 2 heterocycles. The van der Waals surface area contributed by atoms with E-state index in [1.54, 1.807) is 12.5 Å². The molecule has 4 rings (SSSR count). The molecule has 1 fully saturated rings. The van der Waals surface area contributed by atoms with Crippen LogP contribution in [0.3, 0.4) is 0 Å². The summed E-state index contributed by atoms with van der Waals surface area (Å²) in [5, 5.41) is 2.35. The van der Waals surface area contributed by atoms with Crippen molar-refractivity contribution in [1.82, 2.24) is 9.55 Å². The van der Waals surface area contributed by atoms with Crippen molar-refractivity contribution >= 4 is 10.8 Å². The van der Waals surface area contributed by atoms with Crippen molar-refractivity contribution in [2.45, 2.75) is 38.4 Å². The first-order chi connectivity index (χ1) is 11.2. The standard InChI is InChI=1S/C19H20N2O2/c1-14-15(2)23-19(22-14,12-21-11-10-20-13-21)18-9-5-7-16-6-3-4-8-17(16)18/h3-11,13-15H,12H2,1-2H3.